The number of aryl methyl sites for hydroxylation is 1. The maximum absolute atomic E-state index is 12.3. The highest BCUT2D eigenvalue weighted by Gasteiger charge is 2.41. The lowest BCUT2D eigenvalue weighted by Crippen LogP contribution is -2.38. The molecule has 0 aliphatic heterocycles. The molecule has 1 aromatic carbocycles. The van der Waals surface area contributed by atoms with E-state index in [2.05, 4.69) is 4.72 Å². The predicted octanol–water partition coefficient (Wildman–Crippen LogP) is 2.46. The Hall–Kier alpha value is -0.870. The zero-order valence-corrected chi connectivity index (χ0v) is 11.4. The molecule has 0 unspecified atom stereocenters. The van der Waals surface area contributed by atoms with Gasteiger partial charge in [0, 0.05) is 6.04 Å². The van der Waals surface area contributed by atoms with E-state index in [1.165, 1.54) is 19.3 Å². The van der Waals surface area contributed by atoms with Gasteiger partial charge < -0.3 is 0 Å². The van der Waals surface area contributed by atoms with Gasteiger partial charge in [0.05, 0.1) is 4.90 Å². The standard InChI is InChI=1S/C14H19NO2S/c1-10-2-6-13(7-3-10)18(16,17)15-14-9-11-4-5-12(14)8-11/h2-3,6-7,11-12,14-15H,4-5,8-9H2,1H3/t11-,12+,14+/m1/s1. The highest BCUT2D eigenvalue weighted by atomic mass is 32.2. The van der Waals surface area contributed by atoms with Crippen molar-refractivity contribution in [1.29, 1.82) is 0 Å². The molecule has 1 N–H and O–H groups in total. The minimum absolute atomic E-state index is 0.162. The average Bonchev–Trinajstić information content (AvgIpc) is 2.91. The van der Waals surface area contributed by atoms with Crippen LogP contribution in [0.3, 0.4) is 0 Å². The van der Waals surface area contributed by atoms with E-state index in [0.717, 1.165) is 17.9 Å². The SMILES string of the molecule is Cc1ccc(S(=O)(=O)N[C@H]2C[C@@H]3CC[C@H]2C3)cc1. The number of rotatable bonds is 3. The van der Waals surface area contributed by atoms with Crippen LogP contribution in [0, 0.1) is 18.8 Å². The Kier molecular flexibility index (Phi) is 2.94. The maximum Gasteiger partial charge on any atom is 0.240 e. The summed E-state index contributed by atoms with van der Waals surface area (Å²) in [5.41, 5.74) is 1.08. The number of sulfonamides is 1. The first kappa shape index (κ1) is 12.2. The van der Waals surface area contributed by atoms with Gasteiger partial charge in [0.2, 0.25) is 10.0 Å². The topological polar surface area (TPSA) is 46.2 Å². The molecule has 2 aliphatic carbocycles. The molecular formula is C14H19NO2S. The summed E-state index contributed by atoms with van der Waals surface area (Å²) in [6.07, 6.45) is 4.70. The normalized spacial score (nSPS) is 30.8. The summed E-state index contributed by atoms with van der Waals surface area (Å²) in [4.78, 5) is 0.385. The van der Waals surface area contributed by atoms with E-state index in [0.29, 0.717) is 10.8 Å². The van der Waals surface area contributed by atoms with Gasteiger partial charge in [0.1, 0.15) is 0 Å². The van der Waals surface area contributed by atoms with Crippen molar-refractivity contribution in [3.63, 3.8) is 0 Å². The summed E-state index contributed by atoms with van der Waals surface area (Å²) in [5.74, 6) is 1.32. The first-order valence-electron chi connectivity index (χ1n) is 6.63. The zero-order chi connectivity index (χ0) is 12.8. The molecule has 0 spiro atoms. The Labute approximate surface area is 109 Å². The fraction of sp³-hybridized carbons (Fsp3) is 0.571. The monoisotopic (exact) mass is 265 g/mol. The number of benzene rings is 1. The number of hydrogen-bond acceptors (Lipinski definition) is 2. The van der Waals surface area contributed by atoms with Crippen LogP contribution in [-0.4, -0.2) is 14.5 Å². The molecular weight excluding hydrogens is 246 g/mol. The van der Waals surface area contributed by atoms with Crippen LogP contribution in [-0.2, 0) is 10.0 Å². The van der Waals surface area contributed by atoms with Crippen molar-refractivity contribution in [2.24, 2.45) is 11.8 Å². The summed E-state index contributed by atoms with van der Waals surface area (Å²) in [5, 5.41) is 0. The second kappa shape index (κ2) is 4.35. The van der Waals surface area contributed by atoms with Crippen LogP contribution in [0.15, 0.2) is 29.2 Å². The molecule has 2 bridgehead atoms. The molecule has 2 saturated carbocycles. The van der Waals surface area contributed by atoms with Gasteiger partial charge in [-0.2, -0.15) is 0 Å². The molecule has 0 aromatic heterocycles. The maximum atomic E-state index is 12.3. The third kappa shape index (κ3) is 2.19. The molecule has 3 atom stereocenters. The van der Waals surface area contributed by atoms with Gasteiger partial charge in [0.25, 0.3) is 0 Å². The van der Waals surface area contributed by atoms with Crippen LogP contribution < -0.4 is 4.72 Å². The Balaban J connectivity index is 1.77. The molecule has 2 aliphatic rings. The van der Waals surface area contributed by atoms with E-state index in [1.807, 2.05) is 19.1 Å². The predicted molar refractivity (Wildman–Crippen MR) is 70.7 cm³/mol. The zero-order valence-electron chi connectivity index (χ0n) is 10.6. The van der Waals surface area contributed by atoms with Crippen LogP contribution >= 0.6 is 0 Å². The third-order valence-corrected chi connectivity index (χ3v) is 5.88. The minimum Gasteiger partial charge on any atom is -0.208 e. The van der Waals surface area contributed by atoms with Crippen molar-refractivity contribution in [2.45, 2.75) is 43.5 Å². The lowest BCUT2D eigenvalue weighted by atomic mass is 9.96. The van der Waals surface area contributed by atoms with E-state index in [4.69, 9.17) is 0 Å². The van der Waals surface area contributed by atoms with E-state index < -0.39 is 10.0 Å². The molecule has 3 nitrogen and oxygen atoms in total. The van der Waals surface area contributed by atoms with Crippen molar-refractivity contribution in [3.8, 4) is 0 Å². The van der Waals surface area contributed by atoms with Crippen molar-refractivity contribution in [1.82, 2.24) is 4.72 Å². The van der Waals surface area contributed by atoms with Gasteiger partial charge >= 0.3 is 0 Å². The van der Waals surface area contributed by atoms with Crippen molar-refractivity contribution < 1.29 is 8.42 Å². The fourth-order valence-corrected chi connectivity index (χ4v) is 4.69. The van der Waals surface area contributed by atoms with Gasteiger partial charge in [-0.15, -0.1) is 0 Å². The highest BCUT2D eigenvalue weighted by Crippen LogP contribution is 2.44. The Morgan fingerprint density at radius 1 is 1.11 bits per heavy atom. The quantitative estimate of drug-likeness (QED) is 0.912. The van der Waals surface area contributed by atoms with Gasteiger partial charge in [-0.25, -0.2) is 13.1 Å². The molecule has 0 heterocycles. The summed E-state index contributed by atoms with van der Waals surface area (Å²) >= 11 is 0. The largest absolute Gasteiger partial charge is 0.240 e. The summed E-state index contributed by atoms with van der Waals surface area (Å²) in [7, 11) is -3.33. The second-order valence-corrected chi connectivity index (χ2v) is 7.43. The van der Waals surface area contributed by atoms with Crippen LogP contribution in [0.2, 0.25) is 0 Å². The van der Waals surface area contributed by atoms with Crippen LogP contribution in [0.4, 0.5) is 0 Å². The summed E-state index contributed by atoms with van der Waals surface area (Å²) < 4.78 is 27.4. The smallest absolute Gasteiger partial charge is 0.208 e. The van der Waals surface area contributed by atoms with E-state index in [-0.39, 0.29) is 6.04 Å². The van der Waals surface area contributed by atoms with E-state index in [9.17, 15) is 8.42 Å². The van der Waals surface area contributed by atoms with Crippen molar-refractivity contribution in [3.05, 3.63) is 29.8 Å². The van der Waals surface area contributed by atoms with Gasteiger partial charge in [-0.3, -0.25) is 0 Å². The lowest BCUT2D eigenvalue weighted by Gasteiger charge is -2.22. The Morgan fingerprint density at radius 3 is 2.39 bits per heavy atom. The van der Waals surface area contributed by atoms with Gasteiger partial charge in [-0.05, 0) is 50.2 Å². The number of nitrogens with one attached hydrogen (secondary N) is 1. The first-order valence-corrected chi connectivity index (χ1v) is 8.12. The molecule has 18 heavy (non-hydrogen) atoms. The molecule has 0 amide bonds. The first-order chi connectivity index (χ1) is 8.54. The van der Waals surface area contributed by atoms with Gasteiger partial charge in [-0.1, -0.05) is 24.1 Å². The average molecular weight is 265 g/mol. The fourth-order valence-electron chi connectivity index (χ4n) is 3.37. The van der Waals surface area contributed by atoms with E-state index >= 15 is 0 Å². The molecule has 4 heteroatoms. The van der Waals surface area contributed by atoms with Crippen LogP contribution in [0.1, 0.15) is 31.2 Å². The van der Waals surface area contributed by atoms with Crippen molar-refractivity contribution in [2.75, 3.05) is 0 Å². The summed E-state index contributed by atoms with van der Waals surface area (Å²) in [6, 6.07) is 7.22. The second-order valence-electron chi connectivity index (χ2n) is 5.72. The van der Waals surface area contributed by atoms with E-state index in [1.54, 1.807) is 12.1 Å². The molecule has 2 fully saturated rings. The van der Waals surface area contributed by atoms with Crippen LogP contribution in [0.25, 0.3) is 0 Å². The Bertz CT molecular complexity index is 535. The number of hydrogen-bond donors (Lipinski definition) is 1. The third-order valence-electron chi connectivity index (χ3n) is 4.38. The molecule has 98 valence electrons. The molecule has 0 saturated heterocycles. The molecule has 1 aromatic rings. The molecule has 3 rings (SSSR count). The lowest BCUT2D eigenvalue weighted by molar-refractivity contribution is 0.390. The minimum atomic E-state index is -3.33. The number of fused-ring (bicyclic) bond motifs is 2. The van der Waals surface area contributed by atoms with Crippen LogP contribution in [0.5, 0.6) is 0 Å². The molecule has 0 radical (unpaired) electrons. The van der Waals surface area contributed by atoms with Gasteiger partial charge in [0.15, 0.2) is 0 Å². The Morgan fingerprint density at radius 2 is 1.83 bits per heavy atom. The highest BCUT2D eigenvalue weighted by molar-refractivity contribution is 7.89. The van der Waals surface area contributed by atoms with Crippen molar-refractivity contribution >= 4 is 10.0 Å². The summed E-state index contributed by atoms with van der Waals surface area (Å²) in [6.45, 7) is 1.96.